The van der Waals surface area contributed by atoms with E-state index >= 15 is 0 Å². The monoisotopic (exact) mass is 304 g/mol. The largest absolute Gasteiger partial charge is 0.381 e. The first-order valence-electron chi connectivity index (χ1n) is 8.36. The molecule has 0 N–H and O–H groups in total. The molecule has 0 aromatic carbocycles. The number of rotatable bonds is 18. The molecule has 0 saturated carbocycles. The maximum atomic E-state index is 5.47. The Morgan fingerprint density at radius 3 is 1.29 bits per heavy atom. The van der Waals surface area contributed by atoms with E-state index in [9.17, 15) is 0 Å². The van der Waals surface area contributed by atoms with Crippen LogP contribution in [-0.2, 0) is 18.9 Å². The van der Waals surface area contributed by atoms with Gasteiger partial charge >= 0.3 is 0 Å². The lowest BCUT2D eigenvalue weighted by molar-refractivity contribution is 0.0771. The van der Waals surface area contributed by atoms with E-state index < -0.39 is 0 Å². The molecule has 0 aromatic heterocycles. The van der Waals surface area contributed by atoms with Crippen LogP contribution in [0.1, 0.15) is 39.5 Å². The van der Waals surface area contributed by atoms with Crippen molar-refractivity contribution in [1.29, 1.82) is 0 Å². The number of hydrogen-bond donors (Lipinski definition) is 0. The summed E-state index contributed by atoms with van der Waals surface area (Å²) in [5, 5.41) is 4.35. The van der Waals surface area contributed by atoms with Gasteiger partial charge in [0.05, 0.1) is 13.2 Å². The van der Waals surface area contributed by atoms with E-state index in [0.717, 1.165) is 78.4 Å². The van der Waals surface area contributed by atoms with Crippen molar-refractivity contribution in [2.75, 3.05) is 65.9 Å². The highest BCUT2D eigenvalue weighted by molar-refractivity contribution is 4.45. The zero-order valence-corrected chi connectivity index (χ0v) is 14.0. The lowest BCUT2D eigenvalue weighted by Crippen LogP contribution is -2.18. The van der Waals surface area contributed by atoms with Gasteiger partial charge in [0.2, 0.25) is 0 Å². The summed E-state index contributed by atoms with van der Waals surface area (Å²) in [6, 6.07) is 0. The average Bonchev–Trinajstić information content (AvgIpc) is 2.50. The minimum atomic E-state index is 0.693. The number of nitrogens with zero attached hydrogens (tertiary/aromatic N) is 1. The third kappa shape index (κ3) is 19.8. The van der Waals surface area contributed by atoms with E-state index in [2.05, 4.69) is 19.2 Å². The second kappa shape index (κ2) is 19.8. The zero-order chi connectivity index (χ0) is 15.4. The van der Waals surface area contributed by atoms with Gasteiger partial charge in [0, 0.05) is 52.7 Å². The Balaban J connectivity index is 2.90. The number of ether oxygens (including phenoxy) is 4. The van der Waals surface area contributed by atoms with Crippen molar-refractivity contribution in [3.63, 3.8) is 0 Å². The van der Waals surface area contributed by atoms with Crippen LogP contribution in [0.4, 0.5) is 0 Å². The Bertz CT molecular complexity index is 164. The predicted molar refractivity (Wildman–Crippen MR) is 85.0 cm³/mol. The van der Waals surface area contributed by atoms with E-state index in [0.29, 0.717) is 13.2 Å². The summed E-state index contributed by atoms with van der Waals surface area (Å²) in [6.07, 6.45) is 4.08. The fourth-order valence-corrected chi connectivity index (χ4v) is 1.59. The third-order valence-electron chi connectivity index (χ3n) is 2.64. The summed E-state index contributed by atoms with van der Waals surface area (Å²) >= 11 is 0. The molecule has 0 unspecified atom stereocenters. The smallest absolute Gasteiger partial charge is 0.0607 e. The molecule has 0 spiro atoms. The normalized spacial score (nSPS) is 11.1. The van der Waals surface area contributed by atoms with Gasteiger partial charge in [-0.05, 0) is 25.7 Å². The molecule has 5 heteroatoms. The molecule has 0 fully saturated rings. The molecule has 0 aliphatic heterocycles. The van der Waals surface area contributed by atoms with Crippen LogP contribution in [0.15, 0.2) is 0 Å². The van der Waals surface area contributed by atoms with E-state index in [-0.39, 0.29) is 0 Å². The van der Waals surface area contributed by atoms with Gasteiger partial charge in [0.1, 0.15) is 0 Å². The molecule has 0 bridgehead atoms. The average molecular weight is 304 g/mol. The van der Waals surface area contributed by atoms with Gasteiger partial charge in [-0.25, -0.2) is 5.32 Å². The molecule has 1 radical (unpaired) electrons. The zero-order valence-electron chi connectivity index (χ0n) is 14.0. The van der Waals surface area contributed by atoms with E-state index in [4.69, 9.17) is 18.9 Å². The van der Waals surface area contributed by atoms with Gasteiger partial charge in [-0.15, -0.1) is 0 Å². The highest BCUT2D eigenvalue weighted by Gasteiger charge is 1.93. The van der Waals surface area contributed by atoms with Crippen LogP contribution in [-0.4, -0.2) is 65.9 Å². The SMILES string of the molecule is CCCOCCCOCC[N]CCOCCCOCCC. The molecule has 0 heterocycles. The molecular weight excluding hydrogens is 270 g/mol. The van der Waals surface area contributed by atoms with E-state index in [1.807, 2.05) is 0 Å². The number of hydrogen-bond acceptors (Lipinski definition) is 4. The first-order valence-corrected chi connectivity index (χ1v) is 8.36. The standard InChI is InChI=1S/C16H34NO4/c1-3-9-18-11-5-13-20-15-7-17-8-16-21-14-6-12-19-10-4-2/h3-16H2,1-2H3. The lowest BCUT2D eigenvalue weighted by atomic mass is 10.5. The molecule has 127 valence electrons. The van der Waals surface area contributed by atoms with Gasteiger partial charge in [0.25, 0.3) is 0 Å². The highest BCUT2D eigenvalue weighted by Crippen LogP contribution is 1.88. The molecule has 0 aliphatic rings. The van der Waals surface area contributed by atoms with Gasteiger partial charge in [-0.2, -0.15) is 0 Å². The van der Waals surface area contributed by atoms with Gasteiger partial charge in [-0.3, -0.25) is 0 Å². The summed E-state index contributed by atoms with van der Waals surface area (Å²) in [5.74, 6) is 0. The molecule has 0 saturated heterocycles. The fraction of sp³-hybridized carbons (Fsp3) is 1.00. The second-order valence-corrected chi connectivity index (χ2v) is 4.83. The lowest BCUT2D eigenvalue weighted by Gasteiger charge is -2.06. The van der Waals surface area contributed by atoms with Crippen LogP contribution in [0.2, 0.25) is 0 Å². The molecule has 5 nitrogen and oxygen atoms in total. The summed E-state index contributed by atoms with van der Waals surface area (Å²) in [7, 11) is 0. The maximum Gasteiger partial charge on any atom is 0.0607 e. The highest BCUT2D eigenvalue weighted by atomic mass is 16.5. The third-order valence-corrected chi connectivity index (χ3v) is 2.64. The van der Waals surface area contributed by atoms with Crippen molar-refractivity contribution in [2.24, 2.45) is 0 Å². The Labute approximate surface area is 130 Å². The van der Waals surface area contributed by atoms with Crippen LogP contribution in [0, 0.1) is 0 Å². The predicted octanol–water partition coefficient (Wildman–Crippen LogP) is 2.26. The Morgan fingerprint density at radius 2 is 0.905 bits per heavy atom. The van der Waals surface area contributed by atoms with E-state index in [1.54, 1.807) is 0 Å². The van der Waals surface area contributed by atoms with Crippen LogP contribution in [0.5, 0.6) is 0 Å². The quantitative estimate of drug-likeness (QED) is 0.364. The summed E-state index contributed by atoms with van der Waals surface area (Å²) in [5.41, 5.74) is 0. The van der Waals surface area contributed by atoms with Crippen LogP contribution < -0.4 is 5.32 Å². The molecule has 21 heavy (non-hydrogen) atoms. The summed E-state index contributed by atoms with van der Waals surface area (Å²) in [6.45, 7) is 11.9. The van der Waals surface area contributed by atoms with Crippen molar-refractivity contribution < 1.29 is 18.9 Å². The fourth-order valence-electron chi connectivity index (χ4n) is 1.59. The summed E-state index contributed by atoms with van der Waals surface area (Å²) in [4.78, 5) is 0. The first kappa shape index (κ1) is 20.8. The van der Waals surface area contributed by atoms with Crippen molar-refractivity contribution in [3.8, 4) is 0 Å². The van der Waals surface area contributed by atoms with Crippen molar-refractivity contribution in [2.45, 2.75) is 39.5 Å². The van der Waals surface area contributed by atoms with Gasteiger partial charge in [-0.1, -0.05) is 13.8 Å². The Morgan fingerprint density at radius 1 is 0.524 bits per heavy atom. The maximum absolute atomic E-state index is 5.47. The molecule has 0 aromatic rings. The molecular formula is C16H34NO4. The minimum absolute atomic E-state index is 0.693. The Hall–Kier alpha value is -0.200. The van der Waals surface area contributed by atoms with Crippen LogP contribution >= 0.6 is 0 Å². The molecule has 0 atom stereocenters. The topological polar surface area (TPSA) is 51.0 Å². The van der Waals surface area contributed by atoms with Gasteiger partial charge < -0.3 is 18.9 Å². The van der Waals surface area contributed by atoms with Crippen molar-refractivity contribution in [3.05, 3.63) is 0 Å². The molecule has 0 amide bonds. The van der Waals surface area contributed by atoms with Crippen LogP contribution in [0.3, 0.4) is 0 Å². The van der Waals surface area contributed by atoms with Gasteiger partial charge in [0.15, 0.2) is 0 Å². The second-order valence-electron chi connectivity index (χ2n) is 4.83. The van der Waals surface area contributed by atoms with Crippen molar-refractivity contribution in [1.82, 2.24) is 5.32 Å². The minimum Gasteiger partial charge on any atom is -0.381 e. The Kier molecular flexibility index (Phi) is 19.6. The first-order chi connectivity index (χ1) is 10.4. The molecule has 0 aliphatic carbocycles. The van der Waals surface area contributed by atoms with Crippen molar-refractivity contribution >= 4 is 0 Å². The van der Waals surface area contributed by atoms with Crippen LogP contribution in [0.25, 0.3) is 0 Å². The van der Waals surface area contributed by atoms with E-state index in [1.165, 1.54) is 0 Å². The molecule has 0 rings (SSSR count). The summed E-state index contributed by atoms with van der Waals surface area (Å²) < 4.78 is 21.7.